The van der Waals surface area contributed by atoms with Crippen LogP contribution < -0.4 is 11.1 Å². The Morgan fingerprint density at radius 2 is 2.13 bits per heavy atom. The van der Waals surface area contributed by atoms with Crippen molar-refractivity contribution < 1.29 is 4.79 Å². The molecule has 2 atom stereocenters. The van der Waals surface area contributed by atoms with Crippen molar-refractivity contribution in [3.05, 3.63) is 0 Å². The van der Waals surface area contributed by atoms with Gasteiger partial charge in [0, 0.05) is 6.54 Å². The highest BCUT2D eigenvalue weighted by Gasteiger charge is 2.22. The number of nitriles is 1. The second-order valence-electron chi connectivity index (χ2n) is 4.62. The highest BCUT2D eigenvalue weighted by atomic mass is 16.2. The van der Waals surface area contributed by atoms with E-state index < -0.39 is 11.5 Å². The number of rotatable bonds is 5. The Kier molecular flexibility index (Phi) is 5.31. The van der Waals surface area contributed by atoms with E-state index in [2.05, 4.69) is 11.4 Å². The fourth-order valence-corrected chi connectivity index (χ4v) is 0.978. The molecule has 0 saturated carbocycles. The maximum Gasteiger partial charge on any atom is 0.237 e. The molecule has 0 aromatic rings. The van der Waals surface area contributed by atoms with Crippen molar-refractivity contribution in [3.8, 4) is 6.07 Å². The average molecular weight is 211 g/mol. The van der Waals surface area contributed by atoms with Gasteiger partial charge in [-0.2, -0.15) is 5.26 Å². The largest absolute Gasteiger partial charge is 0.353 e. The van der Waals surface area contributed by atoms with Gasteiger partial charge in [0.2, 0.25) is 5.91 Å². The van der Waals surface area contributed by atoms with Crippen LogP contribution in [0.5, 0.6) is 0 Å². The van der Waals surface area contributed by atoms with E-state index in [-0.39, 0.29) is 11.8 Å². The summed E-state index contributed by atoms with van der Waals surface area (Å²) in [6, 6.07) is 1.64. The molecule has 0 radical (unpaired) electrons. The summed E-state index contributed by atoms with van der Waals surface area (Å²) in [5.74, 6) is -0.0112. The minimum Gasteiger partial charge on any atom is -0.353 e. The monoisotopic (exact) mass is 211 g/mol. The van der Waals surface area contributed by atoms with E-state index in [1.54, 1.807) is 13.8 Å². The summed E-state index contributed by atoms with van der Waals surface area (Å²) in [7, 11) is 0. The number of nitrogens with one attached hydrogen (secondary N) is 1. The van der Waals surface area contributed by atoms with Gasteiger partial charge in [-0.05, 0) is 19.8 Å². The third kappa shape index (κ3) is 4.80. The van der Waals surface area contributed by atoms with Crippen molar-refractivity contribution in [1.82, 2.24) is 5.32 Å². The number of amides is 1. The lowest BCUT2D eigenvalue weighted by Gasteiger charge is -2.21. The highest BCUT2D eigenvalue weighted by Crippen LogP contribution is 2.11. The molecule has 0 aliphatic rings. The molecule has 4 heteroatoms. The first kappa shape index (κ1) is 13.9. The fraction of sp³-hybridized carbons (Fsp3) is 0.818. The molecular weight excluding hydrogens is 190 g/mol. The van der Waals surface area contributed by atoms with Crippen LogP contribution in [-0.4, -0.2) is 18.5 Å². The molecule has 0 heterocycles. The van der Waals surface area contributed by atoms with Crippen LogP contribution in [0.3, 0.4) is 0 Å². The number of nitrogens with zero attached hydrogens (tertiary/aromatic N) is 1. The molecule has 15 heavy (non-hydrogen) atoms. The molecule has 0 saturated heterocycles. The second kappa shape index (κ2) is 5.72. The molecule has 1 amide bonds. The lowest BCUT2D eigenvalue weighted by atomic mass is 9.95. The van der Waals surface area contributed by atoms with Gasteiger partial charge < -0.3 is 11.1 Å². The molecule has 3 N–H and O–H groups in total. The van der Waals surface area contributed by atoms with Gasteiger partial charge in [0.05, 0.1) is 17.5 Å². The van der Waals surface area contributed by atoms with Crippen LogP contribution >= 0.6 is 0 Å². The zero-order chi connectivity index (χ0) is 12.1. The molecule has 86 valence electrons. The van der Waals surface area contributed by atoms with E-state index in [1.165, 1.54) is 0 Å². The number of hydrogen-bond acceptors (Lipinski definition) is 3. The predicted molar refractivity (Wildman–Crippen MR) is 59.8 cm³/mol. The van der Waals surface area contributed by atoms with Crippen LogP contribution in [-0.2, 0) is 4.79 Å². The number of nitrogens with two attached hydrogens (primary N) is 1. The summed E-state index contributed by atoms with van der Waals surface area (Å²) in [4.78, 5) is 11.6. The Balaban J connectivity index is 4.11. The minimum absolute atomic E-state index is 0.162. The summed E-state index contributed by atoms with van der Waals surface area (Å²) in [5.41, 5.74) is 5.21. The van der Waals surface area contributed by atoms with Crippen LogP contribution in [0.2, 0.25) is 0 Å². The molecule has 0 aliphatic carbocycles. The van der Waals surface area contributed by atoms with Gasteiger partial charge in [-0.3, -0.25) is 4.79 Å². The molecule has 0 bridgehead atoms. The standard InChI is InChI=1S/C11H21N3O/c1-5-8(2)9(13)10(15)14-7-11(3,4)6-12/h8-9H,5,7,13H2,1-4H3,(H,14,15)/t8?,9-/m0/s1. The Hall–Kier alpha value is -1.08. The Morgan fingerprint density at radius 3 is 2.53 bits per heavy atom. The van der Waals surface area contributed by atoms with E-state index in [1.807, 2.05) is 13.8 Å². The van der Waals surface area contributed by atoms with Gasteiger partial charge in [-0.15, -0.1) is 0 Å². The van der Waals surface area contributed by atoms with Crippen molar-refractivity contribution in [2.45, 2.75) is 40.2 Å². The van der Waals surface area contributed by atoms with E-state index in [0.29, 0.717) is 6.54 Å². The Bertz CT molecular complexity index is 255. The SMILES string of the molecule is CCC(C)[C@H](N)C(=O)NCC(C)(C)C#N. The lowest BCUT2D eigenvalue weighted by molar-refractivity contribution is -0.123. The summed E-state index contributed by atoms with van der Waals surface area (Å²) in [6.45, 7) is 7.84. The number of hydrogen-bond donors (Lipinski definition) is 2. The Morgan fingerprint density at radius 1 is 1.60 bits per heavy atom. The van der Waals surface area contributed by atoms with Crippen molar-refractivity contribution in [1.29, 1.82) is 5.26 Å². The van der Waals surface area contributed by atoms with E-state index >= 15 is 0 Å². The predicted octanol–water partition coefficient (Wildman–Crippen LogP) is 1.03. The van der Waals surface area contributed by atoms with Gasteiger partial charge in [0.25, 0.3) is 0 Å². The summed E-state index contributed by atoms with van der Waals surface area (Å²) < 4.78 is 0. The molecule has 0 aliphatic heterocycles. The van der Waals surface area contributed by atoms with E-state index in [0.717, 1.165) is 6.42 Å². The topological polar surface area (TPSA) is 78.9 Å². The lowest BCUT2D eigenvalue weighted by Crippen LogP contribution is -2.46. The van der Waals surface area contributed by atoms with Crippen LogP contribution in [0.4, 0.5) is 0 Å². The van der Waals surface area contributed by atoms with Crippen LogP contribution in [0.25, 0.3) is 0 Å². The zero-order valence-electron chi connectivity index (χ0n) is 10.0. The second-order valence-corrected chi connectivity index (χ2v) is 4.62. The molecule has 0 fully saturated rings. The summed E-state index contributed by atoms with van der Waals surface area (Å²) >= 11 is 0. The van der Waals surface area contributed by atoms with Crippen molar-refractivity contribution in [3.63, 3.8) is 0 Å². The first-order chi connectivity index (χ1) is 6.84. The van der Waals surface area contributed by atoms with Crippen LogP contribution in [0, 0.1) is 22.7 Å². The van der Waals surface area contributed by atoms with Crippen molar-refractivity contribution in [2.24, 2.45) is 17.1 Å². The molecule has 4 nitrogen and oxygen atoms in total. The molecule has 0 aromatic carbocycles. The van der Waals surface area contributed by atoms with Gasteiger partial charge >= 0.3 is 0 Å². The van der Waals surface area contributed by atoms with Crippen LogP contribution in [0.1, 0.15) is 34.1 Å². The quantitative estimate of drug-likeness (QED) is 0.712. The maximum absolute atomic E-state index is 11.6. The third-order valence-corrected chi connectivity index (χ3v) is 2.57. The normalized spacial score (nSPS) is 15.2. The van der Waals surface area contributed by atoms with Crippen molar-refractivity contribution >= 4 is 5.91 Å². The van der Waals surface area contributed by atoms with Gasteiger partial charge in [-0.25, -0.2) is 0 Å². The third-order valence-electron chi connectivity index (χ3n) is 2.57. The fourth-order valence-electron chi connectivity index (χ4n) is 0.978. The average Bonchev–Trinajstić information content (AvgIpc) is 2.23. The van der Waals surface area contributed by atoms with E-state index in [4.69, 9.17) is 11.0 Å². The van der Waals surface area contributed by atoms with E-state index in [9.17, 15) is 4.79 Å². The Labute approximate surface area is 91.8 Å². The summed E-state index contributed by atoms with van der Waals surface area (Å²) in [5, 5.41) is 11.5. The first-order valence-electron chi connectivity index (χ1n) is 5.28. The van der Waals surface area contributed by atoms with Gasteiger partial charge in [-0.1, -0.05) is 20.3 Å². The molecule has 0 aromatic heterocycles. The van der Waals surface area contributed by atoms with Gasteiger partial charge in [0.15, 0.2) is 0 Å². The maximum atomic E-state index is 11.6. The molecule has 0 spiro atoms. The summed E-state index contributed by atoms with van der Waals surface area (Å²) in [6.07, 6.45) is 0.871. The smallest absolute Gasteiger partial charge is 0.237 e. The molecule has 0 rings (SSSR count). The van der Waals surface area contributed by atoms with Gasteiger partial charge in [0.1, 0.15) is 0 Å². The number of carbonyl (C=O) groups is 1. The number of carbonyl (C=O) groups excluding carboxylic acids is 1. The molecular formula is C11H21N3O. The zero-order valence-corrected chi connectivity index (χ0v) is 10.0. The molecule has 1 unspecified atom stereocenters. The first-order valence-corrected chi connectivity index (χ1v) is 5.28. The van der Waals surface area contributed by atoms with Crippen LogP contribution in [0.15, 0.2) is 0 Å². The minimum atomic E-state index is -0.537. The van der Waals surface area contributed by atoms with Crippen molar-refractivity contribution in [2.75, 3.05) is 6.54 Å². The highest BCUT2D eigenvalue weighted by molar-refractivity contribution is 5.81.